The van der Waals surface area contributed by atoms with Crippen LogP contribution in [0.1, 0.15) is 6.92 Å². The molecule has 0 aliphatic rings. The van der Waals surface area contributed by atoms with Crippen LogP contribution in [0.25, 0.3) is 0 Å². The lowest BCUT2D eigenvalue weighted by Crippen LogP contribution is -3.00. The zero-order valence-corrected chi connectivity index (χ0v) is 17.9. The summed E-state index contributed by atoms with van der Waals surface area (Å²) in [6.07, 6.45) is 0. The molecule has 0 fully saturated rings. The monoisotopic (exact) mass is 476 g/mol. The highest BCUT2D eigenvalue weighted by Gasteiger charge is 2.53. The van der Waals surface area contributed by atoms with Crippen molar-refractivity contribution < 1.29 is 33.5 Å². The van der Waals surface area contributed by atoms with E-state index in [1.165, 1.54) is 23.0 Å². The highest BCUT2D eigenvalue weighted by Crippen LogP contribution is 2.59. The molecule has 0 N–H and O–H groups in total. The fourth-order valence-electron chi connectivity index (χ4n) is 3.44. The first kappa shape index (κ1) is 20.6. The zero-order valence-electron chi connectivity index (χ0n) is 14.9. The number of methoxy groups -OCH3 is 1. The van der Waals surface area contributed by atoms with Gasteiger partial charge in [0, 0.05) is 0 Å². The van der Waals surface area contributed by atoms with Crippen molar-refractivity contribution in [2.75, 3.05) is 7.11 Å². The molecular weight excluding hydrogens is 454 g/mol. The maximum absolute atomic E-state index is 12.7. The van der Waals surface area contributed by atoms with Crippen LogP contribution in [-0.4, -0.2) is 18.7 Å². The minimum Gasteiger partial charge on any atom is -1.00 e. The SMILES string of the molecule is COC(=O)C(C)[P+](c1ccccc1)(c1ccccc1)c1ccccc1.[I-]. The maximum atomic E-state index is 12.7. The molecule has 0 aliphatic heterocycles. The topological polar surface area (TPSA) is 26.3 Å². The molecule has 0 aliphatic carbocycles. The molecule has 0 spiro atoms. The Morgan fingerprint density at radius 3 is 1.31 bits per heavy atom. The van der Waals surface area contributed by atoms with Crippen LogP contribution in [0.5, 0.6) is 0 Å². The third-order valence-corrected chi connectivity index (χ3v) is 9.32. The maximum Gasteiger partial charge on any atom is 0.347 e. The Morgan fingerprint density at radius 2 is 1.04 bits per heavy atom. The summed E-state index contributed by atoms with van der Waals surface area (Å²) in [4.78, 5) is 12.7. The van der Waals surface area contributed by atoms with Crippen LogP contribution in [0.3, 0.4) is 0 Å². The second-order valence-corrected chi connectivity index (χ2v) is 9.70. The van der Waals surface area contributed by atoms with Gasteiger partial charge in [-0.1, -0.05) is 54.6 Å². The number of rotatable bonds is 5. The van der Waals surface area contributed by atoms with Gasteiger partial charge in [0.05, 0.1) is 7.11 Å². The van der Waals surface area contributed by atoms with Crippen molar-refractivity contribution in [2.24, 2.45) is 0 Å². The molecule has 134 valence electrons. The van der Waals surface area contributed by atoms with E-state index in [1.54, 1.807) is 0 Å². The molecule has 26 heavy (non-hydrogen) atoms. The summed E-state index contributed by atoms with van der Waals surface area (Å²) in [5.74, 6) is -0.176. The molecule has 0 radical (unpaired) electrons. The molecule has 1 atom stereocenters. The average Bonchev–Trinajstić information content (AvgIpc) is 2.70. The lowest BCUT2D eigenvalue weighted by molar-refractivity contribution is -0.139. The van der Waals surface area contributed by atoms with E-state index in [-0.39, 0.29) is 35.6 Å². The lowest BCUT2D eigenvalue weighted by Gasteiger charge is -2.31. The molecule has 2 nitrogen and oxygen atoms in total. The van der Waals surface area contributed by atoms with Gasteiger partial charge in [-0.15, -0.1) is 0 Å². The van der Waals surface area contributed by atoms with Crippen LogP contribution in [0.2, 0.25) is 0 Å². The summed E-state index contributed by atoms with van der Waals surface area (Å²) in [5.41, 5.74) is -0.273. The van der Waals surface area contributed by atoms with Crippen LogP contribution in [-0.2, 0) is 9.53 Å². The summed E-state index contributed by atoms with van der Waals surface area (Å²) >= 11 is 0. The van der Waals surface area contributed by atoms with Gasteiger partial charge in [0.2, 0.25) is 0 Å². The summed E-state index contributed by atoms with van der Waals surface area (Å²) in [6.45, 7) is 1.99. The first-order valence-corrected chi connectivity index (χ1v) is 10.2. The normalized spacial score (nSPS) is 11.9. The Morgan fingerprint density at radius 1 is 0.731 bits per heavy atom. The van der Waals surface area contributed by atoms with Gasteiger partial charge < -0.3 is 28.7 Å². The summed E-state index contributed by atoms with van der Waals surface area (Å²) < 4.78 is 5.17. The van der Waals surface area contributed by atoms with Crippen LogP contribution >= 0.6 is 7.26 Å². The number of benzene rings is 3. The van der Waals surface area contributed by atoms with E-state index in [1.807, 2.05) is 61.5 Å². The van der Waals surface area contributed by atoms with E-state index in [4.69, 9.17) is 4.74 Å². The van der Waals surface area contributed by atoms with Crippen molar-refractivity contribution in [2.45, 2.75) is 12.6 Å². The molecule has 0 saturated carbocycles. The smallest absolute Gasteiger partial charge is 0.347 e. The summed E-state index contributed by atoms with van der Waals surface area (Å²) in [5, 5.41) is 3.56. The first-order valence-electron chi connectivity index (χ1n) is 8.34. The van der Waals surface area contributed by atoms with Gasteiger partial charge in [0.15, 0.2) is 5.66 Å². The molecule has 1 unspecified atom stereocenters. The van der Waals surface area contributed by atoms with E-state index < -0.39 is 7.26 Å². The van der Waals surface area contributed by atoms with E-state index >= 15 is 0 Å². The van der Waals surface area contributed by atoms with Crippen LogP contribution < -0.4 is 39.9 Å². The molecule has 0 amide bonds. The zero-order chi connectivity index (χ0) is 17.7. The number of esters is 1. The van der Waals surface area contributed by atoms with E-state index in [0.717, 1.165) is 0 Å². The minimum atomic E-state index is -2.19. The Hall–Kier alpha value is -1.71. The molecule has 3 aromatic rings. The van der Waals surface area contributed by atoms with Gasteiger partial charge in [-0.25, -0.2) is 4.79 Å². The Bertz CT molecular complexity index is 726. The van der Waals surface area contributed by atoms with E-state index in [2.05, 4.69) is 36.4 Å². The molecule has 3 aromatic carbocycles. The fraction of sp³-hybridized carbons (Fsp3) is 0.136. The number of ether oxygens (including phenoxy) is 1. The number of carbonyl (C=O) groups excluding carboxylic acids is 1. The second kappa shape index (κ2) is 9.29. The third-order valence-electron chi connectivity index (χ3n) is 4.61. The molecule has 0 bridgehead atoms. The lowest BCUT2D eigenvalue weighted by atomic mass is 10.3. The van der Waals surface area contributed by atoms with Crippen molar-refractivity contribution in [3.8, 4) is 0 Å². The second-order valence-electron chi connectivity index (χ2n) is 5.93. The summed E-state index contributed by atoms with van der Waals surface area (Å²) in [6, 6.07) is 31.1. The molecule has 0 heterocycles. The highest BCUT2D eigenvalue weighted by molar-refractivity contribution is 7.96. The predicted molar refractivity (Wildman–Crippen MR) is 107 cm³/mol. The number of hydrogen-bond donors (Lipinski definition) is 0. The Labute approximate surface area is 173 Å². The van der Waals surface area contributed by atoms with E-state index in [9.17, 15) is 4.79 Å². The fourth-order valence-corrected chi connectivity index (χ4v) is 8.02. The number of carbonyl (C=O) groups is 1. The number of hydrogen-bond acceptors (Lipinski definition) is 2. The minimum absolute atomic E-state index is 0. The quantitative estimate of drug-likeness (QED) is 0.306. The average molecular weight is 476 g/mol. The third kappa shape index (κ3) is 3.70. The standard InChI is InChI=1S/C22H22O2P.HI/c1-18(22(23)24-2)25(19-12-6-3-7-13-19,20-14-8-4-9-15-20)21-16-10-5-11-17-21;/h3-18H,1-2H3;1H/q+1;/p-1. The predicted octanol–water partition coefficient (Wildman–Crippen LogP) is 0.546. The summed E-state index contributed by atoms with van der Waals surface area (Å²) in [7, 11) is -0.725. The highest BCUT2D eigenvalue weighted by atomic mass is 127. The molecular formula is C22H22IO2P. The molecule has 0 aromatic heterocycles. The van der Waals surface area contributed by atoms with Gasteiger partial charge in [-0.3, -0.25) is 0 Å². The van der Waals surface area contributed by atoms with Crippen molar-refractivity contribution in [3.63, 3.8) is 0 Å². The van der Waals surface area contributed by atoms with Gasteiger partial charge in [0.25, 0.3) is 0 Å². The van der Waals surface area contributed by atoms with Crippen LogP contribution in [0, 0.1) is 0 Å². The van der Waals surface area contributed by atoms with Crippen molar-refractivity contribution in [3.05, 3.63) is 91.0 Å². The van der Waals surface area contributed by atoms with Crippen molar-refractivity contribution in [1.82, 2.24) is 0 Å². The van der Waals surface area contributed by atoms with Gasteiger partial charge in [-0.05, 0) is 43.3 Å². The van der Waals surface area contributed by atoms with Crippen LogP contribution in [0.15, 0.2) is 91.0 Å². The Balaban J connectivity index is 0.00000243. The van der Waals surface area contributed by atoms with E-state index in [0.29, 0.717) is 0 Å². The Kier molecular flexibility index (Phi) is 7.36. The van der Waals surface area contributed by atoms with Gasteiger partial charge in [0.1, 0.15) is 23.2 Å². The molecule has 3 rings (SSSR count). The van der Waals surface area contributed by atoms with Gasteiger partial charge in [-0.2, -0.15) is 0 Å². The van der Waals surface area contributed by atoms with Crippen molar-refractivity contribution in [1.29, 1.82) is 0 Å². The van der Waals surface area contributed by atoms with Crippen molar-refractivity contribution >= 4 is 29.1 Å². The van der Waals surface area contributed by atoms with Gasteiger partial charge >= 0.3 is 5.97 Å². The first-order chi connectivity index (χ1) is 12.2. The number of halogens is 1. The molecule has 0 saturated heterocycles. The largest absolute Gasteiger partial charge is 1.00 e. The molecule has 4 heteroatoms. The van der Waals surface area contributed by atoms with Crippen LogP contribution in [0.4, 0.5) is 0 Å².